The molecule has 3 rings (SSSR count). The van der Waals surface area contributed by atoms with Gasteiger partial charge in [0, 0.05) is 24.2 Å². The summed E-state index contributed by atoms with van der Waals surface area (Å²) >= 11 is 3.07. The molecule has 0 spiro atoms. The Kier molecular flexibility index (Phi) is 4.16. The number of carbonyl (C=O) groups excluding carboxylic acids is 4. The van der Waals surface area contributed by atoms with E-state index in [-0.39, 0.29) is 29.5 Å². The number of rotatable bonds is 3. The second-order valence-electron chi connectivity index (χ2n) is 5.45. The van der Waals surface area contributed by atoms with E-state index in [9.17, 15) is 19.2 Å². The van der Waals surface area contributed by atoms with E-state index in [2.05, 4.69) is 26.6 Å². The number of benzene rings is 1. The Morgan fingerprint density at radius 1 is 1.35 bits per heavy atom. The van der Waals surface area contributed by atoms with Crippen molar-refractivity contribution in [2.75, 3.05) is 10.6 Å². The normalized spacial score (nSPS) is 20.3. The average molecular weight is 380 g/mol. The van der Waals surface area contributed by atoms with E-state index in [1.807, 2.05) is 0 Å². The largest absolute Gasteiger partial charge is 0.325 e. The first-order valence-electron chi connectivity index (χ1n) is 7.13. The van der Waals surface area contributed by atoms with Crippen LogP contribution in [0.4, 0.5) is 5.69 Å². The first-order chi connectivity index (χ1) is 11.0. The molecule has 0 aliphatic carbocycles. The molecule has 0 saturated carbocycles. The maximum atomic E-state index is 12.5. The molecule has 7 nitrogen and oxygen atoms in total. The van der Waals surface area contributed by atoms with Crippen LogP contribution in [0.1, 0.15) is 28.8 Å². The first kappa shape index (κ1) is 15.7. The van der Waals surface area contributed by atoms with Crippen LogP contribution in [0, 0.1) is 0 Å². The van der Waals surface area contributed by atoms with Crippen molar-refractivity contribution in [3.63, 3.8) is 0 Å². The summed E-state index contributed by atoms with van der Waals surface area (Å²) in [5.41, 5.74) is 1.88. The van der Waals surface area contributed by atoms with E-state index in [0.29, 0.717) is 24.2 Å². The Morgan fingerprint density at radius 3 is 2.83 bits per heavy atom. The van der Waals surface area contributed by atoms with Gasteiger partial charge in [-0.25, -0.2) is 0 Å². The lowest BCUT2D eigenvalue weighted by molar-refractivity contribution is -0.136. The summed E-state index contributed by atoms with van der Waals surface area (Å²) in [4.78, 5) is 48.5. The molecule has 1 unspecified atom stereocenters. The Balaban J connectivity index is 1.80. The molecule has 2 aliphatic heterocycles. The molecule has 2 heterocycles. The number of carbonyl (C=O) groups is 4. The number of imide groups is 1. The van der Waals surface area contributed by atoms with Gasteiger partial charge in [-0.2, -0.15) is 0 Å². The van der Waals surface area contributed by atoms with E-state index in [4.69, 9.17) is 0 Å². The maximum absolute atomic E-state index is 12.5. The Labute approximate surface area is 140 Å². The predicted molar refractivity (Wildman–Crippen MR) is 84.9 cm³/mol. The third-order valence-electron chi connectivity index (χ3n) is 3.93. The minimum Gasteiger partial charge on any atom is -0.325 e. The van der Waals surface area contributed by atoms with Crippen molar-refractivity contribution in [2.24, 2.45) is 0 Å². The quantitative estimate of drug-likeness (QED) is 0.599. The van der Waals surface area contributed by atoms with Gasteiger partial charge in [0.15, 0.2) is 0 Å². The number of nitrogens with zero attached hydrogens (tertiary/aromatic N) is 1. The number of anilines is 1. The van der Waals surface area contributed by atoms with E-state index >= 15 is 0 Å². The van der Waals surface area contributed by atoms with Crippen LogP contribution < -0.4 is 10.6 Å². The van der Waals surface area contributed by atoms with Crippen molar-refractivity contribution in [1.82, 2.24) is 10.2 Å². The van der Waals surface area contributed by atoms with Crippen LogP contribution in [0.5, 0.6) is 0 Å². The van der Waals surface area contributed by atoms with E-state index in [0.717, 1.165) is 5.56 Å². The van der Waals surface area contributed by atoms with Crippen LogP contribution in [-0.4, -0.2) is 39.9 Å². The second-order valence-corrected chi connectivity index (χ2v) is 6.01. The number of hydrogen-bond acceptors (Lipinski definition) is 4. The van der Waals surface area contributed by atoms with E-state index in [1.54, 1.807) is 18.2 Å². The summed E-state index contributed by atoms with van der Waals surface area (Å²) in [7, 11) is 0. The number of fused-ring (bicyclic) bond motifs is 1. The molecule has 1 atom stereocenters. The van der Waals surface area contributed by atoms with Gasteiger partial charge >= 0.3 is 0 Å². The molecule has 2 aliphatic rings. The van der Waals surface area contributed by atoms with Crippen molar-refractivity contribution >= 4 is 45.2 Å². The van der Waals surface area contributed by atoms with Gasteiger partial charge < -0.3 is 10.2 Å². The fourth-order valence-corrected chi connectivity index (χ4v) is 2.99. The van der Waals surface area contributed by atoms with Crippen molar-refractivity contribution < 1.29 is 19.2 Å². The van der Waals surface area contributed by atoms with Crippen molar-refractivity contribution in [3.05, 3.63) is 29.3 Å². The number of amides is 4. The van der Waals surface area contributed by atoms with Gasteiger partial charge in [-0.05, 0) is 30.2 Å². The highest BCUT2D eigenvalue weighted by molar-refractivity contribution is 9.09. The molecule has 2 N–H and O–H groups in total. The summed E-state index contributed by atoms with van der Waals surface area (Å²) in [6.07, 6.45) is 0.556. The number of nitrogens with one attached hydrogen (secondary N) is 2. The van der Waals surface area contributed by atoms with Crippen molar-refractivity contribution in [2.45, 2.75) is 25.4 Å². The molecule has 0 bridgehead atoms. The molecule has 0 aromatic heterocycles. The zero-order valence-electron chi connectivity index (χ0n) is 12.1. The molecular weight excluding hydrogens is 366 g/mol. The molecule has 1 aromatic carbocycles. The standard InChI is InChI=1S/C15H14BrN3O4/c16-6-13(21)17-9-1-2-10-8(5-9)7-19(15(10)23)11-3-4-12(20)18-14(11)22/h1-2,5,11H,3-4,6-7H2,(H,17,21)(H,18,20,22). The highest BCUT2D eigenvalue weighted by Gasteiger charge is 2.39. The van der Waals surface area contributed by atoms with E-state index < -0.39 is 11.9 Å². The third-order valence-corrected chi connectivity index (χ3v) is 4.44. The fourth-order valence-electron chi connectivity index (χ4n) is 2.85. The Bertz CT molecular complexity index is 719. The monoisotopic (exact) mass is 379 g/mol. The lowest BCUT2D eigenvalue weighted by Gasteiger charge is -2.29. The highest BCUT2D eigenvalue weighted by Crippen LogP contribution is 2.29. The highest BCUT2D eigenvalue weighted by atomic mass is 79.9. The smallest absolute Gasteiger partial charge is 0.255 e. The van der Waals surface area contributed by atoms with Gasteiger partial charge in [0.1, 0.15) is 6.04 Å². The Morgan fingerprint density at radius 2 is 2.13 bits per heavy atom. The van der Waals surface area contributed by atoms with Gasteiger partial charge in [-0.15, -0.1) is 0 Å². The first-order valence-corrected chi connectivity index (χ1v) is 8.25. The van der Waals surface area contributed by atoms with Crippen LogP contribution >= 0.6 is 15.9 Å². The number of alkyl halides is 1. The molecule has 4 amide bonds. The molecule has 8 heteroatoms. The third kappa shape index (κ3) is 2.98. The minimum absolute atomic E-state index is 0.184. The van der Waals surface area contributed by atoms with E-state index in [1.165, 1.54) is 4.90 Å². The lowest BCUT2D eigenvalue weighted by atomic mass is 10.0. The lowest BCUT2D eigenvalue weighted by Crippen LogP contribution is -2.52. The SMILES string of the molecule is O=C1CCC(N2Cc3cc(NC(=O)CBr)ccc3C2=O)C(=O)N1. The molecule has 120 valence electrons. The summed E-state index contributed by atoms with van der Waals surface area (Å²) in [5, 5.41) is 5.16. The number of halogens is 1. The van der Waals surface area contributed by atoms with Crippen molar-refractivity contribution in [3.8, 4) is 0 Å². The summed E-state index contributed by atoms with van der Waals surface area (Å²) < 4.78 is 0. The molecular formula is C15H14BrN3O4. The zero-order chi connectivity index (χ0) is 16.6. The molecule has 1 aromatic rings. The van der Waals surface area contributed by atoms with Gasteiger partial charge in [-0.3, -0.25) is 24.5 Å². The average Bonchev–Trinajstić information content (AvgIpc) is 2.83. The predicted octanol–water partition coefficient (Wildman–Crippen LogP) is 0.781. The van der Waals surface area contributed by atoms with Crippen LogP contribution in [-0.2, 0) is 20.9 Å². The molecule has 0 radical (unpaired) electrons. The number of piperidine rings is 1. The second kappa shape index (κ2) is 6.11. The molecule has 1 fully saturated rings. The van der Waals surface area contributed by atoms with Crippen LogP contribution in [0.2, 0.25) is 0 Å². The van der Waals surface area contributed by atoms with Gasteiger partial charge in [0.25, 0.3) is 5.91 Å². The van der Waals surface area contributed by atoms with Crippen LogP contribution in [0.15, 0.2) is 18.2 Å². The van der Waals surface area contributed by atoms with Gasteiger partial charge in [0.05, 0.1) is 5.33 Å². The maximum Gasteiger partial charge on any atom is 0.255 e. The van der Waals surface area contributed by atoms with Crippen LogP contribution in [0.3, 0.4) is 0 Å². The van der Waals surface area contributed by atoms with Crippen molar-refractivity contribution in [1.29, 1.82) is 0 Å². The topological polar surface area (TPSA) is 95.6 Å². The molecule has 1 saturated heterocycles. The minimum atomic E-state index is -0.631. The van der Waals surface area contributed by atoms with Gasteiger partial charge in [-0.1, -0.05) is 15.9 Å². The van der Waals surface area contributed by atoms with Gasteiger partial charge in [0.2, 0.25) is 17.7 Å². The summed E-state index contributed by atoms with van der Waals surface area (Å²) in [5.74, 6) is -1.16. The summed E-state index contributed by atoms with van der Waals surface area (Å²) in [6, 6.07) is 4.41. The fraction of sp³-hybridized carbons (Fsp3) is 0.333. The zero-order valence-corrected chi connectivity index (χ0v) is 13.7. The molecule has 23 heavy (non-hydrogen) atoms. The number of hydrogen-bond donors (Lipinski definition) is 2. The Hall–Kier alpha value is -2.22. The summed E-state index contributed by atoms with van der Waals surface area (Å²) in [6.45, 7) is 0.290. The van der Waals surface area contributed by atoms with Crippen LogP contribution in [0.25, 0.3) is 0 Å².